The number of rotatable bonds is 7. The second-order valence-corrected chi connectivity index (χ2v) is 15.9. The fraction of sp³-hybridized carbons (Fsp3) is 0.0714. The third kappa shape index (κ3) is 6.32. The van der Waals surface area contributed by atoms with Gasteiger partial charge >= 0.3 is 0 Å². The predicted molar refractivity (Wildman–Crippen MR) is 243 cm³/mol. The zero-order valence-corrected chi connectivity index (χ0v) is 32.6. The first-order valence-electron chi connectivity index (χ1n) is 19.9. The maximum Gasteiger partial charge on any atom is 0.0465 e. The Balaban J connectivity index is 1.01. The lowest BCUT2D eigenvalue weighted by atomic mass is 9.81. The monoisotopic (exact) mass is 729 g/mol. The molecule has 0 spiro atoms. The van der Waals surface area contributed by atoms with Crippen LogP contribution in [-0.2, 0) is 5.41 Å². The molecular formula is C56H43N. The Bertz CT molecular complexity index is 2880. The summed E-state index contributed by atoms with van der Waals surface area (Å²) in [5.74, 6) is 0. The van der Waals surface area contributed by atoms with E-state index >= 15 is 0 Å². The molecule has 0 atom stereocenters. The molecule has 0 unspecified atom stereocenters. The molecule has 9 aromatic rings. The van der Waals surface area contributed by atoms with E-state index in [2.05, 4.69) is 232 Å². The first-order chi connectivity index (χ1) is 27.9. The van der Waals surface area contributed by atoms with Gasteiger partial charge in [-0.25, -0.2) is 0 Å². The fourth-order valence-corrected chi connectivity index (χ4v) is 8.70. The minimum Gasteiger partial charge on any atom is -0.310 e. The molecule has 0 aliphatic heterocycles. The van der Waals surface area contributed by atoms with Crippen LogP contribution in [0.4, 0.5) is 17.1 Å². The van der Waals surface area contributed by atoms with Crippen LogP contribution < -0.4 is 4.90 Å². The summed E-state index contributed by atoms with van der Waals surface area (Å²) in [6.45, 7) is 6.89. The molecule has 0 radical (unpaired) electrons. The number of fused-ring (bicyclic) bond motifs is 4. The molecule has 57 heavy (non-hydrogen) atoms. The summed E-state index contributed by atoms with van der Waals surface area (Å²) in [5, 5.41) is 2.53. The van der Waals surface area contributed by atoms with Crippen molar-refractivity contribution < 1.29 is 0 Å². The second-order valence-electron chi connectivity index (χ2n) is 15.9. The molecule has 0 saturated heterocycles. The summed E-state index contributed by atoms with van der Waals surface area (Å²) in [6, 6.07) is 75.8. The molecule has 1 aliphatic carbocycles. The maximum absolute atomic E-state index is 2.42. The van der Waals surface area contributed by atoms with Crippen LogP contribution in [0.25, 0.3) is 66.4 Å². The van der Waals surface area contributed by atoms with Crippen molar-refractivity contribution in [2.75, 3.05) is 4.90 Å². The zero-order chi connectivity index (χ0) is 38.5. The summed E-state index contributed by atoms with van der Waals surface area (Å²) in [6.07, 6.45) is 0. The standard InChI is InChI=1S/C56H43N/c1-38-13-15-41(16-14-38)42-17-19-43(20-18-42)45-25-30-50(31-26-45)57(49-28-23-44(24-29-49)39-9-5-4-6-10-39)51-32-34-53-52-33-27-48(36-54(52)56(2,3)55(53)37-51)47-22-21-40-11-7-8-12-46(40)35-47/h4-37H,1-3H3. The van der Waals surface area contributed by atoms with Crippen LogP contribution in [-0.4, -0.2) is 0 Å². The van der Waals surface area contributed by atoms with Crippen molar-refractivity contribution in [1.82, 2.24) is 0 Å². The number of aryl methyl sites for hydroxylation is 1. The highest BCUT2D eigenvalue weighted by Crippen LogP contribution is 2.52. The summed E-state index contributed by atoms with van der Waals surface area (Å²) in [5.41, 5.74) is 19.6. The van der Waals surface area contributed by atoms with E-state index in [4.69, 9.17) is 0 Å². The molecule has 9 aromatic carbocycles. The van der Waals surface area contributed by atoms with Gasteiger partial charge in [0.15, 0.2) is 0 Å². The van der Waals surface area contributed by atoms with Crippen LogP contribution in [0.15, 0.2) is 206 Å². The molecule has 1 nitrogen and oxygen atoms in total. The minimum absolute atomic E-state index is 0.176. The van der Waals surface area contributed by atoms with Gasteiger partial charge in [0.2, 0.25) is 0 Å². The molecule has 10 rings (SSSR count). The molecule has 272 valence electrons. The quantitative estimate of drug-likeness (QED) is 0.158. The van der Waals surface area contributed by atoms with E-state index < -0.39 is 0 Å². The lowest BCUT2D eigenvalue weighted by Gasteiger charge is -2.28. The van der Waals surface area contributed by atoms with Gasteiger partial charge in [-0.2, -0.15) is 0 Å². The lowest BCUT2D eigenvalue weighted by Crippen LogP contribution is -2.16. The number of hydrogen-bond donors (Lipinski definition) is 0. The predicted octanol–water partition coefficient (Wildman–Crippen LogP) is 15.6. The topological polar surface area (TPSA) is 3.24 Å². The molecule has 0 fully saturated rings. The number of anilines is 3. The second kappa shape index (κ2) is 14.0. The van der Waals surface area contributed by atoms with Crippen molar-refractivity contribution in [3.8, 4) is 55.6 Å². The minimum atomic E-state index is -0.176. The molecule has 0 saturated carbocycles. The van der Waals surface area contributed by atoms with Gasteiger partial charge in [0.1, 0.15) is 0 Å². The molecule has 1 heteroatoms. The van der Waals surface area contributed by atoms with E-state index in [0.717, 1.165) is 17.1 Å². The molecular weight excluding hydrogens is 687 g/mol. The summed E-state index contributed by atoms with van der Waals surface area (Å²) in [4.78, 5) is 2.40. The largest absolute Gasteiger partial charge is 0.310 e. The number of nitrogens with zero attached hydrogens (tertiary/aromatic N) is 1. The summed E-state index contributed by atoms with van der Waals surface area (Å²) in [7, 11) is 0. The van der Waals surface area contributed by atoms with Gasteiger partial charge in [0.05, 0.1) is 0 Å². The Hall–Kier alpha value is -6.96. The van der Waals surface area contributed by atoms with Gasteiger partial charge in [-0.3, -0.25) is 0 Å². The zero-order valence-electron chi connectivity index (χ0n) is 32.6. The van der Waals surface area contributed by atoms with Crippen LogP contribution in [0.3, 0.4) is 0 Å². The van der Waals surface area contributed by atoms with Crippen LogP contribution in [0.5, 0.6) is 0 Å². The van der Waals surface area contributed by atoms with E-state index in [1.165, 1.54) is 83.1 Å². The van der Waals surface area contributed by atoms with Crippen molar-refractivity contribution in [1.29, 1.82) is 0 Å². The first kappa shape index (κ1) is 34.5. The highest BCUT2D eigenvalue weighted by molar-refractivity contribution is 5.90. The third-order valence-electron chi connectivity index (χ3n) is 12.0. The Morgan fingerprint density at radius 1 is 0.316 bits per heavy atom. The SMILES string of the molecule is Cc1ccc(-c2ccc(-c3ccc(N(c4ccc(-c5ccccc5)cc4)c4ccc5c(c4)C(C)(C)c4cc(-c6ccc7ccccc7c6)ccc4-5)cc3)cc2)cc1. The Morgan fingerprint density at radius 3 is 1.32 bits per heavy atom. The Kier molecular flexibility index (Phi) is 8.46. The number of hydrogen-bond acceptors (Lipinski definition) is 1. The normalized spacial score (nSPS) is 12.6. The van der Waals surface area contributed by atoms with E-state index in [9.17, 15) is 0 Å². The molecule has 0 N–H and O–H groups in total. The van der Waals surface area contributed by atoms with Gasteiger partial charge in [0.25, 0.3) is 0 Å². The van der Waals surface area contributed by atoms with Gasteiger partial charge in [0, 0.05) is 22.5 Å². The highest BCUT2D eigenvalue weighted by Gasteiger charge is 2.36. The average Bonchev–Trinajstić information content (AvgIpc) is 3.49. The van der Waals surface area contributed by atoms with Crippen LogP contribution in [0.1, 0.15) is 30.5 Å². The van der Waals surface area contributed by atoms with Crippen LogP contribution in [0.2, 0.25) is 0 Å². The molecule has 0 heterocycles. The third-order valence-corrected chi connectivity index (χ3v) is 12.0. The van der Waals surface area contributed by atoms with Crippen LogP contribution in [0, 0.1) is 6.92 Å². The Morgan fingerprint density at radius 2 is 0.719 bits per heavy atom. The average molecular weight is 730 g/mol. The summed E-state index contributed by atoms with van der Waals surface area (Å²) < 4.78 is 0. The molecule has 0 bridgehead atoms. The van der Waals surface area contributed by atoms with Gasteiger partial charge < -0.3 is 4.90 Å². The first-order valence-corrected chi connectivity index (χ1v) is 19.9. The smallest absolute Gasteiger partial charge is 0.0465 e. The highest BCUT2D eigenvalue weighted by atomic mass is 15.1. The van der Waals surface area contributed by atoms with Crippen molar-refractivity contribution in [2.45, 2.75) is 26.2 Å². The maximum atomic E-state index is 2.42. The van der Waals surface area contributed by atoms with Crippen molar-refractivity contribution in [3.05, 3.63) is 223 Å². The van der Waals surface area contributed by atoms with Gasteiger partial charge in [-0.05, 0) is 133 Å². The van der Waals surface area contributed by atoms with E-state index in [-0.39, 0.29) is 5.41 Å². The molecule has 0 amide bonds. The Labute approximate surface area is 336 Å². The van der Waals surface area contributed by atoms with E-state index in [0.29, 0.717) is 0 Å². The lowest BCUT2D eigenvalue weighted by molar-refractivity contribution is 0.660. The number of benzene rings is 9. The van der Waals surface area contributed by atoms with Gasteiger partial charge in [-0.15, -0.1) is 0 Å². The summed E-state index contributed by atoms with van der Waals surface area (Å²) >= 11 is 0. The van der Waals surface area contributed by atoms with Gasteiger partial charge in [-0.1, -0.05) is 177 Å². The van der Waals surface area contributed by atoms with E-state index in [1.807, 2.05) is 0 Å². The molecule has 0 aromatic heterocycles. The molecule has 1 aliphatic rings. The van der Waals surface area contributed by atoms with E-state index in [1.54, 1.807) is 0 Å². The van der Waals surface area contributed by atoms with Crippen molar-refractivity contribution in [3.63, 3.8) is 0 Å². The van der Waals surface area contributed by atoms with Crippen LogP contribution >= 0.6 is 0 Å². The van der Waals surface area contributed by atoms with Crippen molar-refractivity contribution >= 4 is 27.8 Å². The fourth-order valence-electron chi connectivity index (χ4n) is 8.70. The van der Waals surface area contributed by atoms with Crippen molar-refractivity contribution in [2.24, 2.45) is 0 Å².